The molecule has 0 unspecified atom stereocenters. The number of rotatable bonds is 11. The predicted octanol–water partition coefficient (Wildman–Crippen LogP) is 5.28. The number of aryl methyl sites for hydroxylation is 1. The van der Waals surface area contributed by atoms with Gasteiger partial charge in [0.2, 0.25) is 11.8 Å². The minimum atomic E-state index is -4.20. The number of nitrogens with one attached hydrogen (secondary N) is 1. The van der Waals surface area contributed by atoms with Crippen molar-refractivity contribution in [2.24, 2.45) is 5.92 Å². The number of halogens is 2. The lowest BCUT2D eigenvalue weighted by atomic mass is 10.1. The van der Waals surface area contributed by atoms with Crippen molar-refractivity contribution in [1.29, 1.82) is 0 Å². The Balaban J connectivity index is 2.01. The van der Waals surface area contributed by atoms with Crippen molar-refractivity contribution < 1.29 is 22.4 Å². The van der Waals surface area contributed by atoms with Crippen LogP contribution in [-0.2, 0) is 26.2 Å². The van der Waals surface area contributed by atoms with E-state index in [1.165, 1.54) is 29.2 Å². The molecule has 0 aliphatic carbocycles. The van der Waals surface area contributed by atoms with Gasteiger partial charge in [0.25, 0.3) is 10.0 Å². The third-order valence-corrected chi connectivity index (χ3v) is 8.38. The van der Waals surface area contributed by atoms with Crippen molar-refractivity contribution in [2.75, 3.05) is 17.4 Å². The van der Waals surface area contributed by atoms with E-state index < -0.39 is 34.3 Å². The third-order valence-electron chi connectivity index (χ3n) is 6.10. The van der Waals surface area contributed by atoms with Gasteiger partial charge in [-0.3, -0.25) is 13.9 Å². The Morgan fingerprint density at radius 1 is 0.974 bits per heavy atom. The summed E-state index contributed by atoms with van der Waals surface area (Å²) in [7, 11) is -4.20. The molecule has 1 atom stereocenters. The molecule has 208 valence electrons. The highest BCUT2D eigenvalue weighted by atomic mass is 79.9. The molecule has 0 saturated carbocycles. The maximum absolute atomic E-state index is 13.9. The van der Waals surface area contributed by atoms with Gasteiger partial charge in [-0.25, -0.2) is 12.8 Å². The molecule has 0 heterocycles. The Hall–Kier alpha value is -3.24. The third kappa shape index (κ3) is 8.12. The van der Waals surface area contributed by atoms with Crippen LogP contribution in [0.4, 0.5) is 10.1 Å². The van der Waals surface area contributed by atoms with Crippen LogP contribution in [0.1, 0.15) is 31.9 Å². The van der Waals surface area contributed by atoms with Crippen molar-refractivity contribution in [3.8, 4) is 0 Å². The Morgan fingerprint density at radius 2 is 1.62 bits per heavy atom. The molecule has 0 aromatic heterocycles. The lowest BCUT2D eigenvalue weighted by Gasteiger charge is -2.32. The fraction of sp³-hybridized carbons (Fsp3) is 0.310. The van der Waals surface area contributed by atoms with Gasteiger partial charge in [0.15, 0.2) is 0 Å². The van der Waals surface area contributed by atoms with Crippen LogP contribution in [0.5, 0.6) is 0 Å². The minimum absolute atomic E-state index is 0.00788. The van der Waals surface area contributed by atoms with E-state index in [1.807, 2.05) is 45.0 Å². The quantitative estimate of drug-likeness (QED) is 0.317. The highest BCUT2D eigenvalue weighted by Gasteiger charge is 2.32. The number of carbonyl (C=O) groups excluding carboxylic acids is 2. The van der Waals surface area contributed by atoms with Crippen LogP contribution in [-0.4, -0.2) is 44.3 Å². The molecule has 0 aliphatic heterocycles. The molecule has 0 radical (unpaired) electrons. The van der Waals surface area contributed by atoms with E-state index in [9.17, 15) is 22.4 Å². The first kappa shape index (κ1) is 30.3. The Kier molecular flexibility index (Phi) is 10.3. The molecular formula is C29H33BrFN3O4S. The first-order valence-corrected chi connectivity index (χ1v) is 14.8. The lowest BCUT2D eigenvalue weighted by Crippen LogP contribution is -2.51. The molecule has 39 heavy (non-hydrogen) atoms. The van der Waals surface area contributed by atoms with Crippen LogP contribution < -0.4 is 9.62 Å². The number of anilines is 1. The molecule has 0 fully saturated rings. The molecule has 7 nitrogen and oxygen atoms in total. The van der Waals surface area contributed by atoms with Gasteiger partial charge in [-0.2, -0.15) is 0 Å². The second-order valence-corrected chi connectivity index (χ2v) is 12.5. The first-order valence-electron chi connectivity index (χ1n) is 12.5. The first-order chi connectivity index (χ1) is 18.4. The molecule has 3 aromatic rings. The molecule has 0 bridgehead atoms. The fourth-order valence-electron chi connectivity index (χ4n) is 3.84. The topological polar surface area (TPSA) is 86.8 Å². The van der Waals surface area contributed by atoms with Crippen LogP contribution in [0, 0.1) is 18.7 Å². The summed E-state index contributed by atoms with van der Waals surface area (Å²) in [4.78, 5) is 28.2. The summed E-state index contributed by atoms with van der Waals surface area (Å²) in [6.07, 6.45) is 0. The highest BCUT2D eigenvalue weighted by Crippen LogP contribution is 2.25. The summed E-state index contributed by atoms with van der Waals surface area (Å²) < 4.78 is 43.0. The number of hydrogen-bond donors (Lipinski definition) is 1. The molecule has 10 heteroatoms. The van der Waals surface area contributed by atoms with Gasteiger partial charge in [0.05, 0.1) is 10.6 Å². The fourth-order valence-corrected chi connectivity index (χ4v) is 5.70. The zero-order valence-electron chi connectivity index (χ0n) is 22.4. The molecule has 0 saturated heterocycles. The molecule has 1 N–H and O–H groups in total. The normalized spacial score (nSPS) is 12.2. The van der Waals surface area contributed by atoms with E-state index in [-0.39, 0.29) is 29.0 Å². The number of hydrogen-bond acceptors (Lipinski definition) is 4. The number of sulfonamides is 1. The molecule has 3 rings (SSSR count). The number of benzene rings is 3. The number of nitrogens with zero attached hydrogens (tertiary/aromatic N) is 2. The number of carbonyl (C=O) groups is 2. The minimum Gasteiger partial charge on any atom is -0.354 e. The van der Waals surface area contributed by atoms with Crippen LogP contribution in [0.25, 0.3) is 0 Å². The van der Waals surface area contributed by atoms with Gasteiger partial charge in [-0.05, 0) is 73.9 Å². The van der Waals surface area contributed by atoms with E-state index in [0.717, 1.165) is 32.0 Å². The Bertz CT molecular complexity index is 1400. The zero-order chi connectivity index (χ0) is 28.7. The van der Waals surface area contributed by atoms with Crippen LogP contribution in [0.15, 0.2) is 82.2 Å². The highest BCUT2D eigenvalue weighted by molar-refractivity contribution is 9.10. The van der Waals surface area contributed by atoms with Gasteiger partial charge in [0.1, 0.15) is 18.4 Å². The van der Waals surface area contributed by atoms with E-state index in [2.05, 4.69) is 21.2 Å². The van der Waals surface area contributed by atoms with Crippen LogP contribution in [0.3, 0.4) is 0 Å². The average molecular weight is 619 g/mol. The molecule has 2 amide bonds. The zero-order valence-corrected chi connectivity index (χ0v) is 24.8. The van der Waals surface area contributed by atoms with Gasteiger partial charge >= 0.3 is 0 Å². The summed E-state index contributed by atoms with van der Waals surface area (Å²) in [5.74, 6) is -1.25. The van der Waals surface area contributed by atoms with Crippen molar-refractivity contribution in [3.05, 3.63) is 94.2 Å². The van der Waals surface area contributed by atoms with Crippen molar-refractivity contribution >= 4 is 43.5 Å². The monoisotopic (exact) mass is 617 g/mol. The summed E-state index contributed by atoms with van der Waals surface area (Å²) in [6, 6.07) is 17.6. The predicted molar refractivity (Wildman–Crippen MR) is 154 cm³/mol. The Morgan fingerprint density at radius 3 is 2.21 bits per heavy atom. The molecule has 3 aromatic carbocycles. The summed E-state index contributed by atoms with van der Waals surface area (Å²) in [5, 5.41) is 2.85. The molecule has 0 aliphatic rings. The SMILES string of the molecule is Cc1ccc(S(=O)(=O)N(CC(=O)N(Cc2cccc(Br)c2)[C@H](C)C(=O)NCC(C)C)c2ccc(F)cc2)cc1. The summed E-state index contributed by atoms with van der Waals surface area (Å²) in [5.41, 5.74) is 1.76. The summed E-state index contributed by atoms with van der Waals surface area (Å²) >= 11 is 3.43. The van der Waals surface area contributed by atoms with E-state index in [4.69, 9.17) is 0 Å². The Labute approximate surface area is 238 Å². The smallest absolute Gasteiger partial charge is 0.264 e. The maximum atomic E-state index is 13.9. The van der Waals surface area contributed by atoms with E-state index in [0.29, 0.717) is 6.54 Å². The standard InChI is InChI=1S/C29H33BrFN3O4S/c1-20(2)17-32-29(36)22(4)33(18-23-6-5-7-24(30)16-23)28(35)19-34(26-12-10-25(31)11-13-26)39(37,38)27-14-8-21(3)9-15-27/h5-16,20,22H,17-19H2,1-4H3,(H,32,36)/t22-/m1/s1. The molecular weight excluding hydrogens is 585 g/mol. The lowest BCUT2D eigenvalue weighted by molar-refractivity contribution is -0.139. The maximum Gasteiger partial charge on any atom is 0.264 e. The number of amides is 2. The van der Waals surface area contributed by atoms with Gasteiger partial charge in [-0.15, -0.1) is 0 Å². The van der Waals surface area contributed by atoms with Gasteiger partial charge < -0.3 is 10.2 Å². The summed E-state index contributed by atoms with van der Waals surface area (Å²) in [6.45, 7) is 7.31. The van der Waals surface area contributed by atoms with Crippen molar-refractivity contribution in [3.63, 3.8) is 0 Å². The van der Waals surface area contributed by atoms with E-state index in [1.54, 1.807) is 19.1 Å². The van der Waals surface area contributed by atoms with Crippen molar-refractivity contribution in [1.82, 2.24) is 10.2 Å². The van der Waals surface area contributed by atoms with Gasteiger partial charge in [-0.1, -0.05) is 59.6 Å². The second kappa shape index (κ2) is 13.2. The average Bonchev–Trinajstić information content (AvgIpc) is 2.89. The second-order valence-electron chi connectivity index (χ2n) is 9.77. The van der Waals surface area contributed by atoms with E-state index >= 15 is 0 Å². The largest absolute Gasteiger partial charge is 0.354 e. The van der Waals surface area contributed by atoms with Gasteiger partial charge in [0, 0.05) is 17.6 Å². The molecule has 0 spiro atoms. The van der Waals surface area contributed by atoms with Crippen molar-refractivity contribution in [2.45, 2.75) is 45.2 Å². The van der Waals surface area contributed by atoms with Crippen LogP contribution >= 0.6 is 15.9 Å². The van der Waals surface area contributed by atoms with Crippen LogP contribution in [0.2, 0.25) is 0 Å².